The Bertz CT molecular complexity index is 1450. The standard InChI is InChI=1S/C58H101O11P/c1-4-7-10-13-16-19-22-24-25-26-27-28-29-31-34-37-40-43-46-49-58(62)69-55(51-65-56(60)47-44-41-38-35-33-30-23-20-17-14-11-8-5-2)53-67-70(63,64)66-52-54(50-59)68-57(61)48-45-42-39-36-32-21-18-15-12-9-6-3/h7,10,16,19-20,23-25,27-28,31,34,54-55,59H,4-6,8-9,11-15,17-18,21-22,26,29-30,32-33,35-53H2,1-3H3,(H,63,64)/b10-7-,19-16-,23-20-,25-24-,28-27-,34-31-. The number of ether oxygens (including phenoxy) is 3. The normalized spacial score (nSPS) is 14.0. The van der Waals surface area contributed by atoms with Gasteiger partial charge in [0, 0.05) is 19.3 Å². The van der Waals surface area contributed by atoms with E-state index in [9.17, 15) is 28.9 Å². The Hall–Kier alpha value is -3.08. The summed E-state index contributed by atoms with van der Waals surface area (Å²) in [6.45, 7) is 4.46. The number of hydrogen-bond acceptors (Lipinski definition) is 10. The van der Waals surface area contributed by atoms with Crippen molar-refractivity contribution in [2.24, 2.45) is 0 Å². The summed E-state index contributed by atoms with van der Waals surface area (Å²) in [6.07, 6.45) is 57.2. The average Bonchev–Trinajstić information content (AvgIpc) is 3.35. The zero-order chi connectivity index (χ0) is 51.3. The maximum atomic E-state index is 12.9. The number of unbranched alkanes of at least 4 members (excludes halogenated alkanes) is 22. The number of phosphoric acid groups is 1. The molecule has 0 spiro atoms. The van der Waals surface area contributed by atoms with E-state index in [0.717, 1.165) is 109 Å². The van der Waals surface area contributed by atoms with Crippen molar-refractivity contribution in [1.29, 1.82) is 0 Å². The lowest BCUT2D eigenvalue weighted by atomic mass is 10.1. The molecule has 0 aromatic carbocycles. The van der Waals surface area contributed by atoms with Crippen LogP contribution in [-0.4, -0.2) is 66.5 Å². The number of aliphatic hydroxyl groups is 1. The second-order valence-corrected chi connectivity index (χ2v) is 19.8. The van der Waals surface area contributed by atoms with Gasteiger partial charge in [0.25, 0.3) is 0 Å². The molecule has 0 fully saturated rings. The van der Waals surface area contributed by atoms with Crippen molar-refractivity contribution >= 4 is 25.7 Å². The lowest BCUT2D eigenvalue weighted by Crippen LogP contribution is -2.30. The lowest BCUT2D eigenvalue weighted by molar-refractivity contribution is -0.161. The van der Waals surface area contributed by atoms with Crippen molar-refractivity contribution in [2.45, 2.75) is 251 Å². The van der Waals surface area contributed by atoms with E-state index in [1.54, 1.807) is 0 Å². The summed E-state index contributed by atoms with van der Waals surface area (Å²) in [5.41, 5.74) is 0. The van der Waals surface area contributed by atoms with Crippen LogP contribution in [0.1, 0.15) is 239 Å². The molecule has 0 aliphatic heterocycles. The van der Waals surface area contributed by atoms with E-state index >= 15 is 0 Å². The fraction of sp³-hybridized carbons (Fsp3) is 0.741. The van der Waals surface area contributed by atoms with Gasteiger partial charge in [-0.3, -0.25) is 23.4 Å². The molecule has 404 valence electrons. The molecule has 0 radical (unpaired) electrons. The molecule has 0 saturated carbocycles. The van der Waals surface area contributed by atoms with Crippen LogP contribution >= 0.6 is 7.82 Å². The number of allylic oxidation sites excluding steroid dienone is 12. The molecule has 0 aliphatic rings. The van der Waals surface area contributed by atoms with Crippen molar-refractivity contribution in [1.82, 2.24) is 0 Å². The number of carbonyl (C=O) groups is 3. The van der Waals surface area contributed by atoms with Crippen LogP contribution in [0.3, 0.4) is 0 Å². The molecule has 2 N–H and O–H groups in total. The molecule has 0 amide bonds. The first-order valence-corrected chi connectivity index (χ1v) is 29.3. The fourth-order valence-corrected chi connectivity index (χ4v) is 8.16. The molecule has 12 heteroatoms. The van der Waals surface area contributed by atoms with Crippen LogP contribution in [0.5, 0.6) is 0 Å². The smallest absolute Gasteiger partial charge is 0.462 e. The third kappa shape index (κ3) is 49.9. The molecular weight excluding hydrogens is 904 g/mol. The van der Waals surface area contributed by atoms with Crippen LogP contribution < -0.4 is 0 Å². The largest absolute Gasteiger partial charge is 0.472 e. The van der Waals surface area contributed by atoms with Gasteiger partial charge in [0.15, 0.2) is 6.10 Å². The Morgan fingerprint density at radius 3 is 1.19 bits per heavy atom. The highest BCUT2D eigenvalue weighted by Gasteiger charge is 2.28. The maximum absolute atomic E-state index is 12.9. The summed E-state index contributed by atoms with van der Waals surface area (Å²) in [5, 5.41) is 9.78. The van der Waals surface area contributed by atoms with Crippen LogP contribution in [0.2, 0.25) is 0 Å². The monoisotopic (exact) mass is 1000 g/mol. The molecule has 11 nitrogen and oxygen atoms in total. The highest BCUT2D eigenvalue weighted by molar-refractivity contribution is 7.47. The zero-order valence-electron chi connectivity index (χ0n) is 44.5. The Kier molecular flexibility index (Phi) is 50.0. The summed E-state index contributed by atoms with van der Waals surface area (Å²) < 4.78 is 39.4. The molecule has 3 atom stereocenters. The second-order valence-electron chi connectivity index (χ2n) is 18.4. The summed E-state index contributed by atoms with van der Waals surface area (Å²) in [4.78, 5) is 48.4. The first kappa shape index (κ1) is 66.9. The van der Waals surface area contributed by atoms with Gasteiger partial charge in [0.05, 0.1) is 19.8 Å². The molecule has 0 aromatic rings. The lowest BCUT2D eigenvalue weighted by Gasteiger charge is -2.21. The van der Waals surface area contributed by atoms with Crippen molar-refractivity contribution in [3.8, 4) is 0 Å². The second kappa shape index (κ2) is 52.2. The third-order valence-corrected chi connectivity index (χ3v) is 12.6. The molecule has 0 saturated heterocycles. The topological polar surface area (TPSA) is 155 Å². The highest BCUT2D eigenvalue weighted by Crippen LogP contribution is 2.43. The molecule has 70 heavy (non-hydrogen) atoms. The third-order valence-electron chi connectivity index (χ3n) is 11.6. The Labute approximate surface area is 427 Å². The fourth-order valence-electron chi connectivity index (χ4n) is 7.38. The molecular formula is C58H101O11P. The number of esters is 3. The minimum absolute atomic E-state index is 0.126. The number of hydrogen-bond donors (Lipinski definition) is 2. The van der Waals surface area contributed by atoms with Gasteiger partial charge in [-0.05, 0) is 89.9 Å². The van der Waals surface area contributed by atoms with E-state index in [4.69, 9.17) is 23.3 Å². The number of carbonyl (C=O) groups excluding carboxylic acids is 3. The summed E-state index contributed by atoms with van der Waals surface area (Å²) in [6, 6.07) is 0. The first-order valence-electron chi connectivity index (χ1n) is 27.8. The molecule has 0 heterocycles. The van der Waals surface area contributed by atoms with Gasteiger partial charge in [-0.1, -0.05) is 203 Å². The number of rotatable bonds is 51. The van der Waals surface area contributed by atoms with Crippen molar-refractivity contribution < 1.29 is 52.2 Å². The highest BCUT2D eigenvalue weighted by atomic mass is 31.2. The van der Waals surface area contributed by atoms with Crippen LogP contribution in [0.25, 0.3) is 0 Å². The quantitative estimate of drug-likeness (QED) is 0.0197. The molecule has 0 bridgehead atoms. The SMILES string of the molecule is CC/C=C\C/C=C\C/C=C\C/C=C\C/C=C\CCCCCC(=O)OC(COC(=O)CCCCCCC/C=C\CCCCCC)COP(=O)(O)OCC(CO)OC(=O)CCCCCCCCCCCCC. The van der Waals surface area contributed by atoms with Gasteiger partial charge in [-0.2, -0.15) is 0 Å². The van der Waals surface area contributed by atoms with Gasteiger partial charge in [-0.15, -0.1) is 0 Å². The van der Waals surface area contributed by atoms with Gasteiger partial charge in [-0.25, -0.2) is 4.57 Å². The summed E-state index contributed by atoms with van der Waals surface area (Å²) in [7, 11) is -4.75. The zero-order valence-corrected chi connectivity index (χ0v) is 45.4. The van der Waals surface area contributed by atoms with Gasteiger partial charge < -0.3 is 24.2 Å². The molecule has 0 aromatic heterocycles. The van der Waals surface area contributed by atoms with E-state index in [2.05, 4.69) is 93.7 Å². The number of aliphatic hydroxyl groups excluding tert-OH is 1. The van der Waals surface area contributed by atoms with E-state index < -0.39 is 57.8 Å². The molecule has 0 rings (SSSR count). The average molecular weight is 1010 g/mol. The minimum atomic E-state index is -4.75. The van der Waals surface area contributed by atoms with Crippen LogP contribution in [0.15, 0.2) is 72.9 Å². The maximum Gasteiger partial charge on any atom is 0.472 e. The predicted octanol–water partition coefficient (Wildman–Crippen LogP) is 16.1. The first-order chi connectivity index (χ1) is 34.2. The summed E-state index contributed by atoms with van der Waals surface area (Å²) >= 11 is 0. The van der Waals surface area contributed by atoms with Crippen LogP contribution in [0, 0.1) is 0 Å². The predicted molar refractivity (Wildman–Crippen MR) is 288 cm³/mol. The molecule has 0 aliphatic carbocycles. The van der Waals surface area contributed by atoms with Crippen LogP contribution in [0.4, 0.5) is 0 Å². The Morgan fingerprint density at radius 1 is 0.414 bits per heavy atom. The summed E-state index contributed by atoms with van der Waals surface area (Å²) in [5.74, 6) is -1.51. The van der Waals surface area contributed by atoms with Crippen molar-refractivity contribution in [3.63, 3.8) is 0 Å². The van der Waals surface area contributed by atoms with E-state index in [-0.39, 0.29) is 25.9 Å². The van der Waals surface area contributed by atoms with Gasteiger partial charge in [0.2, 0.25) is 0 Å². The minimum Gasteiger partial charge on any atom is -0.462 e. The Morgan fingerprint density at radius 2 is 0.743 bits per heavy atom. The van der Waals surface area contributed by atoms with E-state index in [1.165, 1.54) is 70.6 Å². The van der Waals surface area contributed by atoms with E-state index in [1.807, 2.05) is 0 Å². The van der Waals surface area contributed by atoms with Gasteiger partial charge in [0.1, 0.15) is 12.7 Å². The Balaban J connectivity index is 4.80. The van der Waals surface area contributed by atoms with Crippen LogP contribution in [-0.2, 0) is 42.2 Å². The van der Waals surface area contributed by atoms with Crippen molar-refractivity contribution in [3.05, 3.63) is 72.9 Å². The number of phosphoric ester groups is 1. The molecule has 3 unspecified atom stereocenters. The van der Waals surface area contributed by atoms with E-state index in [0.29, 0.717) is 19.3 Å². The van der Waals surface area contributed by atoms with Gasteiger partial charge >= 0.3 is 25.7 Å². The van der Waals surface area contributed by atoms with Crippen molar-refractivity contribution in [2.75, 3.05) is 26.4 Å².